The van der Waals surface area contributed by atoms with E-state index < -0.39 is 0 Å². The molecule has 0 bridgehead atoms. The zero-order chi connectivity index (χ0) is 41.5. The molecule has 0 radical (unpaired) electrons. The van der Waals surface area contributed by atoms with E-state index >= 15 is 0 Å². The Balaban J connectivity index is 1.44. The highest BCUT2D eigenvalue weighted by Gasteiger charge is 2.52. The molecule has 4 aliphatic rings. The highest BCUT2D eigenvalue weighted by Crippen LogP contribution is 2.56. The number of rotatable bonds is 3. The standard InChI is InChI=1S/C53H63BN2O2/c1-48(2,3)34-29-36-45(42-40(34)50(7,8)25-27-52(42,11)12)57-38-31-39(56(32-21-17-15-18-22-32)33-23-19-16-20-24-33)55-47-44(38)54(36)37-30-35(49(4,5)6)41-43(46(37)58-47)53(13,14)28-26-51(41,9)10/h15-24,29-31H,25-28H2,1-14H3. The summed E-state index contributed by atoms with van der Waals surface area (Å²) in [4.78, 5) is 7.81. The van der Waals surface area contributed by atoms with Crippen LogP contribution in [0.25, 0.3) is 0 Å². The molecule has 0 atom stereocenters. The average molecular weight is 771 g/mol. The summed E-state index contributed by atoms with van der Waals surface area (Å²) in [5.74, 6) is 4.29. The first-order valence-corrected chi connectivity index (χ1v) is 21.8. The van der Waals surface area contributed by atoms with Gasteiger partial charge >= 0.3 is 0 Å². The van der Waals surface area contributed by atoms with Crippen LogP contribution in [0.4, 0.5) is 17.2 Å². The molecule has 2 aliphatic carbocycles. The maximum absolute atomic E-state index is 7.53. The van der Waals surface area contributed by atoms with Gasteiger partial charge in [-0.25, -0.2) is 0 Å². The molecule has 2 aliphatic heterocycles. The molecule has 1 aromatic heterocycles. The van der Waals surface area contributed by atoms with Crippen molar-refractivity contribution in [3.05, 3.63) is 112 Å². The molecule has 0 spiro atoms. The summed E-state index contributed by atoms with van der Waals surface area (Å²) in [5.41, 5.74) is 13.8. The van der Waals surface area contributed by atoms with Gasteiger partial charge in [0.25, 0.3) is 6.71 Å². The molecule has 0 fully saturated rings. The lowest BCUT2D eigenvalue weighted by atomic mass is 9.33. The summed E-state index contributed by atoms with van der Waals surface area (Å²) in [6, 6.07) is 28.4. The van der Waals surface area contributed by atoms with Gasteiger partial charge in [-0.1, -0.05) is 145 Å². The first-order valence-electron chi connectivity index (χ1n) is 21.8. The molecule has 9 rings (SSSR count). The molecule has 0 saturated heterocycles. The van der Waals surface area contributed by atoms with E-state index in [2.05, 4.69) is 181 Å². The first kappa shape index (κ1) is 39.0. The van der Waals surface area contributed by atoms with Crippen molar-refractivity contribution in [1.29, 1.82) is 0 Å². The highest BCUT2D eigenvalue weighted by molar-refractivity contribution is 6.98. The van der Waals surface area contributed by atoms with Crippen LogP contribution in [0.5, 0.6) is 23.1 Å². The summed E-state index contributed by atoms with van der Waals surface area (Å²) >= 11 is 0. The fourth-order valence-electron chi connectivity index (χ4n) is 10.9. The number of para-hydroxylation sites is 2. The van der Waals surface area contributed by atoms with Crippen molar-refractivity contribution in [2.75, 3.05) is 4.90 Å². The van der Waals surface area contributed by atoms with E-state index in [4.69, 9.17) is 14.5 Å². The summed E-state index contributed by atoms with van der Waals surface area (Å²) in [5, 5.41) is 0. The summed E-state index contributed by atoms with van der Waals surface area (Å²) < 4.78 is 15.0. The summed E-state index contributed by atoms with van der Waals surface area (Å²) in [6.07, 6.45) is 4.46. The van der Waals surface area contributed by atoms with E-state index in [9.17, 15) is 0 Å². The lowest BCUT2D eigenvalue weighted by Crippen LogP contribution is -2.60. The molecule has 0 amide bonds. The van der Waals surface area contributed by atoms with Crippen molar-refractivity contribution in [1.82, 2.24) is 4.98 Å². The third kappa shape index (κ3) is 5.87. The number of ether oxygens (including phenoxy) is 2. The van der Waals surface area contributed by atoms with Gasteiger partial charge in [0, 0.05) is 34.0 Å². The zero-order valence-electron chi connectivity index (χ0n) is 37.6. The molecular weight excluding hydrogens is 707 g/mol. The Morgan fingerprint density at radius 2 is 0.931 bits per heavy atom. The van der Waals surface area contributed by atoms with Crippen molar-refractivity contribution < 1.29 is 9.47 Å². The number of benzene rings is 4. The van der Waals surface area contributed by atoms with Crippen LogP contribution in [0.3, 0.4) is 0 Å². The summed E-state index contributed by atoms with van der Waals surface area (Å²) in [7, 11) is 0. The predicted octanol–water partition coefficient (Wildman–Crippen LogP) is 12.6. The Kier molecular flexibility index (Phi) is 8.41. The highest BCUT2D eigenvalue weighted by atomic mass is 16.5. The van der Waals surface area contributed by atoms with E-state index in [1.807, 2.05) is 0 Å². The van der Waals surface area contributed by atoms with Crippen LogP contribution in [-0.2, 0) is 32.5 Å². The van der Waals surface area contributed by atoms with E-state index in [-0.39, 0.29) is 39.2 Å². The van der Waals surface area contributed by atoms with Crippen LogP contribution >= 0.6 is 0 Å². The molecule has 4 nitrogen and oxygen atoms in total. The topological polar surface area (TPSA) is 34.6 Å². The van der Waals surface area contributed by atoms with Crippen LogP contribution in [-0.4, -0.2) is 11.7 Å². The van der Waals surface area contributed by atoms with Gasteiger partial charge in [0.2, 0.25) is 5.88 Å². The number of hydrogen-bond acceptors (Lipinski definition) is 4. The van der Waals surface area contributed by atoms with Crippen molar-refractivity contribution in [3.63, 3.8) is 0 Å². The molecule has 5 aromatic rings. The Bertz CT molecular complexity index is 2310. The second-order valence-electron chi connectivity index (χ2n) is 22.6. The number of nitrogens with zero attached hydrogens (tertiary/aromatic N) is 2. The van der Waals surface area contributed by atoms with Crippen LogP contribution in [0.15, 0.2) is 78.9 Å². The molecule has 0 unspecified atom stereocenters. The number of anilines is 3. The Morgan fingerprint density at radius 1 is 0.534 bits per heavy atom. The second-order valence-corrected chi connectivity index (χ2v) is 22.6. The molecule has 3 heterocycles. The van der Waals surface area contributed by atoms with E-state index in [1.165, 1.54) is 44.3 Å². The molecule has 4 aromatic carbocycles. The lowest BCUT2D eigenvalue weighted by Gasteiger charge is -2.49. The molecular formula is C53H63BN2O2. The lowest BCUT2D eigenvalue weighted by molar-refractivity contribution is 0.311. The largest absolute Gasteiger partial charge is 0.458 e. The van der Waals surface area contributed by atoms with Gasteiger partial charge in [-0.2, -0.15) is 4.98 Å². The normalized spacial score (nSPS) is 19.0. The third-order valence-electron chi connectivity index (χ3n) is 14.2. The number of hydrogen-bond donors (Lipinski definition) is 0. The minimum Gasteiger partial charge on any atom is -0.458 e. The van der Waals surface area contributed by atoms with Crippen molar-refractivity contribution >= 4 is 40.3 Å². The third-order valence-corrected chi connectivity index (χ3v) is 14.2. The van der Waals surface area contributed by atoms with E-state index in [0.717, 1.165) is 65.6 Å². The van der Waals surface area contributed by atoms with E-state index in [0.29, 0.717) is 5.88 Å². The van der Waals surface area contributed by atoms with Gasteiger partial charge in [0.05, 0.1) is 0 Å². The van der Waals surface area contributed by atoms with Crippen molar-refractivity contribution in [2.45, 2.75) is 155 Å². The zero-order valence-corrected chi connectivity index (χ0v) is 37.6. The minimum absolute atomic E-state index is 0.000215. The summed E-state index contributed by atoms with van der Waals surface area (Å²) in [6.45, 7) is 33.8. The minimum atomic E-state index is -0.111. The Hall–Kier alpha value is -4.51. The SMILES string of the molecule is CC(C)(C)c1cc2c(c3c1C(C)(C)CCC3(C)C)Oc1cc(N(c3ccccc3)c3ccccc3)nc3c1B2c1cc(C(C)(C)C)c2c(c1O3)C(C)(C)CCC2(C)C. The van der Waals surface area contributed by atoms with Gasteiger partial charge in [-0.3, -0.25) is 4.90 Å². The molecule has 0 N–H and O–H groups in total. The number of aromatic nitrogens is 1. The quantitative estimate of drug-likeness (QED) is 0.168. The fraction of sp³-hybridized carbons (Fsp3) is 0.453. The Morgan fingerprint density at radius 3 is 1.34 bits per heavy atom. The van der Waals surface area contributed by atoms with Gasteiger partial charge in [-0.05, 0) is 116 Å². The average Bonchev–Trinajstić information content (AvgIpc) is 3.14. The maximum atomic E-state index is 7.53. The van der Waals surface area contributed by atoms with Gasteiger partial charge in [0.15, 0.2) is 0 Å². The number of pyridine rings is 1. The van der Waals surface area contributed by atoms with Crippen LogP contribution in [0.2, 0.25) is 0 Å². The molecule has 5 heteroatoms. The number of fused-ring (bicyclic) bond motifs is 8. The monoisotopic (exact) mass is 770 g/mol. The predicted molar refractivity (Wildman–Crippen MR) is 245 cm³/mol. The van der Waals surface area contributed by atoms with Crippen LogP contribution in [0.1, 0.15) is 156 Å². The van der Waals surface area contributed by atoms with Crippen LogP contribution < -0.4 is 30.8 Å². The second kappa shape index (κ2) is 12.5. The Labute approximate surface area is 348 Å². The van der Waals surface area contributed by atoms with Crippen molar-refractivity contribution in [3.8, 4) is 23.1 Å². The molecule has 0 saturated carbocycles. The smallest absolute Gasteiger partial charge is 0.262 e. The molecule has 58 heavy (non-hydrogen) atoms. The maximum Gasteiger partial charge on any atom is 0.262 e. The van der Waals surface area contributed by atoms with Gasteiger partial charge in [-0.15, -0.1) is 0 Å². The van der Waals surface area contributed by atoms with Crippen LogP contribution in [0, 0.1) is 0 Å². The van der Waals surface area contributed by atoms with Crippen molar-refractivity contribution in [2.24, 2.45) is 0 Å². The fourth-order valence-corrected chi connectivity index (χ4v) is 10.9. The van der Waals surface area contributed by atoms with Gasteiger partial charge < -0.3 is 9.47 Å². The van der Waals surface area contributed by atoms with Gasteiger partial charge in [0.1, 0.15) is 23.1 Å². The van der Waals surface area contributed by atoms with E-state index in [1.54, 1.807) is 0 Å². The first-order chi connectivity index (χ1) is 27.0. The molecule has 300 valence electrons.